The van der Waals surface area contributed by atoms with Gasteiger partial charge in [-0.15, -0.1) is 0 Å². The van der Waals surface area contributed by atoms with E-state index in [9.17, 15) is 0 Å². The van der Waals surface area contributed by atoms with Crippen LogP contribution >= 0.6 is 0 Å². The van der Waals surface area contributed by atoms with Gasteiger partial charge in [0.2, 0.25) is 0 Å². The molecule has 1 aromatic rings. The van der Waals surface area contributed by atoms with E-state index in [2.05, 4.69) is 37.3 Å². The maximum atomic E-state index is 8.49. The van der Waals surface area contributed by atoms with Crippen molar-refractivity contribution in [1.82, 2.24) is 0 Å². The van der Waals surface area contributed by atoms with Crippen molar-refractivity contribution in [2.45, 2.75) is 70.6 Å². The Balaban J connectivity index is 1.76. The SMILES string of the molecule is CCCCc1ccc([C@H]2CC[C@H](CCC=CC#N)CC2)cc1. The first-order valence-electron chi connectivity index (χ1n) is 8.97. The first kappa shape index (κ1) is 16.8. The summed E-state index contributed by atoms with van der Waals surface area (Å²) in [6.07, 6.45) is 15.1. The van der Waals surface area contributed by atoms with Crippen molar-refractivity contribution in [3.63, 3.8) is 0 Å². The fourth-order valence-electron chi connectivity index (χ4n) is 3.59. The third-order valence-electron chi connectivity index (χ3n) is 5.05. The Morgan fingerprint density at radius 2 is 1.86 bits per heavy atom. The van der Waals surface area contributed by atoms with E-state index < -0.39 is 0 Å². The van der Waals surface area contributed by atoms with E-state index in [0.29, 0.717) is 0 Å². The van der Waals surface area contributed by atoms with Gasteiger partial charge in [0.05, 0.1) is 6.07 Å². The van der Waals surface area contributed by atoms with Gasteiger partial charge in [0.15, 0.2) is 0 Å². The molecule has 0 N–H and O–H groups in total. The number of rotatable bonds is 7. The van der Waals surface area contributed by atoms with Crippen molar-refractivity contribution >= 4 is 0 Å². The summed E-state index contributed by atoms with van der Waals surface area (Å²) in [6.45, 7) is 2.25. The van der Waals surface area contributed by atoms with Gasteiger partial charge in [0, 0.05) is 6.08 Å². The van der Waals surface area contributed by atoms with Crippen LogP contribution in [0.15, 0.2) is 36.4 Å². The average molecular weight is 295 g/mol. The highest BCUT2D eigenvalue weighted by molar-refractivity contribution is 5.26. The Labute approximate surface area is 136 Å². The molecule has 2 rings (SSSR count). The molecule has 1 heteroatoms. The second-order valence-corrected chi connectivity index (χ2v) is 6.67. The highest BCUT2D eigenvalue weighted by Crippen LogP contribution is 2.37. The van der Waals surface area contributed by atoms with E-state index in [-0.39, 0.29) is 0 Å². The lowest BCUT2D eigenvalue weighted by Crippen LogP contribution is -2.13. The summed E-state index contributed by atoms with van der Waals surface area (Å²) in [7, 11) is 0. The minimum atomic E-state index is 0.770. The summed E-state index contributed by atoms with van der Waals surface area (Å²) in [6, 6.07) is 11.5. The Kier molecular flexibility index (Phi) is 7.23. The molecule has 1 fully saturated rings. The van der Waals surface area contributed by atoms with Crippen LogP contribution in [0, 0.1) is 17.2 Å². The quantitative estimate of drug-likeness (QED) is 0.552. The molecule has 0 atom stereocenters. The van der Waals surface area contributed by atoms with Crippen molar-refractivity contribution in [2.24, 2.45) is 5.92 Å². The molecule has 1 saturated carbocycles. The van der Waals surface area contributed by atoms with Crippen LogP contribution < -0.4 is 0 Å². The topological polar surface area (TPSA) is 23.8 Å². The maximum absolute atomic E-state index is 8.49. The van der Waals surface area contributed by atoms with Crippen LogP contribution in [0.5, 0.6) is 0 Å². The molecule has 1 nitrogen and oxygen atoms in total. The van der Waals surface area contributed by atoms with Crippen LogP contribution in [0.25, 0.3) is 0 Å². The number of nitrogens with zero attached hydrogens (tertiary/aromatic N) is 1. The Bertz CT molecular complexity index is 484. The fourth-order valence-corrected chi connectivity index (χ4v) is 3.59. The third-order valence-corrected chi connectivity index (χ3v) is 5.05. The van der Waals surface area contributed by atoms with Gasteiger partial charge < -0.3 is 0 Å². The van der Waals surface area contributed by atoms with Gasteiger partial charge in [0.1, 0.15) is 0 Å². The van der Waals surface area contributed by atoms with E-state index in [1.807, 2.05) is 6.08 Å². The lowest BCUT2D eigenvalue weighted by molar-refractivity contribution is 0.312. The second-order valence-electron chi connectivity index (χ2n) is 6.67. The van der Waals surface area contributed by atoms with Crippen LogP contribution in [0.4, 0.5) is 0 Å². The summed E-state index contributed by atoms with van der Waals surface area (Å²) < 4.78 is 0. The number of unbranched alkanes of at least 4 members (excludes halogenated alkanes) is 1. The lowest BCUT2D eigenvalue weighted by atomic mass is 9.77. The molecular formula is C21H29N. The zero-order valence-corrected chi connectivity index (χ0v) is 13.9. The number of allylic oxidation sites excluding steroid dienone is 2. The fraction of sp³-hybridized carbons (Fsp3) is 0.571. The average Bonchev–Trinajstić information content (AvgIpc) is 2.58. The maximum Gasteiger partial charge on any atom is 0.0908 e. The number of aryl methyl sites for hydroxylation is 1. The third kappa shape index (κ3) is 5.34. The highest BCUT2D eigenvalue weighted by atomic mass is 14.3. The Morgan fingerprint density at radius 1 is 1.14 bits per heavy atom. The van der Waals surface area contributed by atoms with Crippen LogP contribution in [0.3, 0.4) is 0 Å². The number of benzene rings is 1. The van der Waals surface area contributed by atoms with E-state index in [0.717, 1.165) is 18.3 Å². The number of hydrogen-bond donors (Lipinski definition) is 0. The molecule has 22 heavy (non-hydrogen) atoms. The molecule has 1 aromatic carbocycles. The predicted molar refractivity (Wildman–Crippen MR) is 93.7 cm³/mol. The van der Waals surface area contributed by atoms with Gasteiger partial charge in [-0.25, -0.2) is 0 Å². The van der Waals surface area contributed by atoms with Crippen molar-refractivity contribution < 1.29 is 0 Å². The minimum Gasteiger partial charge on any atom is -0.193 e. The molecule has 0 unspecified atom stereocenters. The van der Waals surface area contributed by atoms with E-state index in [1.54, 1.807) is 11.6 Å². The van der Waals surface area contributed by atoms with Crippen molar-refractivity contribution in [2.75, 3.05) is 0 Å². The lowest BCUT2D eigenvalue weighted by Gasteiger charge is -2.28. The van der Waals surface area contributed by atoms with Crippen LogP contribution in [0.1, 0.15) is 75.3 Å². The Hall–Kier alpha value is -1.55. The van der Waals surface area contributed by atoms with Crippen LogP contribution in [-0.2, 0) is 6.42 Å². The largest absolute Gasteiger partial charge is 0.193 e. The van der Waals surface area contributed by atoms with E-state index >= 15 is 0 Å². The van der Waals surface area contributed by atoms with Gasteiger partial charge >= 0.3 is 0 Å². The van der Waals surface area contributed by atoms with Gasteiger partial charge in [0.25, 0.3) is 0 Å². The molecule has 1 aliphatic rings. The summed E-state index contributed by atoms with van der Waals surface area (Å²) in [4.78, 5) is 0. The monoisotopic (exact) mass is 295 g/mol. The minimum absolute atomic E-state index is 0.770. The molecule has 1 aliphatic carbocycles. The molecule has 0 amide bonds. The molecule has 0 bridgehead atoms. The molecule has 118 valence electrons. The Morgan fingerprint density at radius 3 is 2.50 bits per heavy atom. The van der Waals surface area contributed by atoms with Crippen LogP contribution in [0.2, 0.25) is 0 Å². The molecule has 0 aliphatic heterocycles. The molecule has 0 saturated heterocycles. The molecule has 0 radical (unpaired) electrons. The van der Waals surface area contributed by atoms with E-state index in [4.69, 9.17) is 5.26 Å². The summed E-state index contributed by atoms with van der Waals surface area (Å²) in [5.41, 5.74) is 3.03. The van der Waals surface area contributed by atoms with E-state index in [1.165, 1.54) is 56.9 Å². The zero-order valence-electron chi connectivity index (χ0n) is 13.9. The standard InChI is InChI=1S/C21H29N/c1-2-3-7-18-9-13-20(14-10-18)21-15-11-19(12-16-21)8-5-4-6-17-22/h4,6,9-10,13-14,19,21H,2-3,5,7-8,11-12,15-16H2,1H3/t19-,21-. The normalized spacial score (nSPS) is 21.8. The number of hydrogen-bond acceptors (Lipinski definition) is 1. The second kappa shape index (κ2) is 9.46. The van der Waals surface area contributed by atoms with Crippen molar-refractivity contribution in [3.8, 4) is 6.07 Å². The molecular weight excluding hydrogens is 266 g/mol. The molecule has 0 aromatic heterocycles. The predicted octanol–water partition coefficient (Wildman–Crippen LogP) is 6.16. The zero-order chi connectivity index (χ0) is 15.6. The summed E-state index contributed by atoms with van der Waals surface area (Å²) >= 11 is 0. The van der Waals surface area contributed by atoms with Gasteiger partial charge in [-0.05, 0) is 74.3 Å². The van der Waals surface area contributed by atoms with Crippen LogP contribution in [-0.4, -0.2) is 0 Å². The van der Waals surface area contributed by atoms with Crippen molar-refractivity contribution in [1.29, 1.82) is 5.26 Å². The van der Waals surface area contributed by atoms with Gasteiger partial charge in [-0.3, -0.25) is 0 Å². The first-order chi connectivity index (χ1) is 10.8. The highest BCUT2D eigenvalue weighted by Gasteiger charge is 2.21. The van der Waals surface area contributed by atoms with Gasteiger partial charge in [-0.1, -0.05) is 43.7 Å². The van der Waals surface area contributed by atoms with Crippen molar-refractivity contribution in [3.05, 3.63) is 47.5 Å². The number of nitriles is 1. The first-order valence-corrected chi connectivity index (χ1v) is 8.97. The summed E-state index contributed by atoms with van der Waals surface area (Å²) in [5.74, 6) is 1.63. The molecule has 0 spiro atoms. The van der Waals surface area contributed by atoms with Gasteiger partial charge in [-0.2, -0.15) is 5.26 Å². The summed E-state index contributed by atoms with van der Waals surface area (Å²) in [5, 5.41) is 8.49. The molecule has 0 heterocycles. The smallest absolute Gasteiger partial charge is 0.0908 e.